The molecule has 1 heterocycles. The fourth-order valence-electron chi connectivity index (χ4n) is 1.98. The molecule has 0 unspecified atom stereocenters. The predicted molar refractivity (Wildman–Crippen MR) is 68.3 cm³/mol. The largest absolute Gasteiger partial charge is 0.323 e. The van der Waals surface area contributed by atoms with Crippen molar-refractivity contribution in [2.24, 2.45) is 11.8 Å². The standard InChI is InChI=1S/C12H14BrFN2O/c1-7-5-15-6-9(7)12(17)16-11-4-8(13)2-3-10(11)14/h2-4,7,9,15H,5-6H2,1H3,(H,16,17)/t7-,9-/m1/s1. The lowest BCUT2D eigenvalue weighted by Gasteiger charge is -2.14. The molecule has 2 atom stereocenters. The molecule has 0 aliphatic carbocycles. The second kappa shape index (κ2) is 5.14. The van der Waals surface area contributed by atoms with E-state index in [0.29, 0.717) is 6.54 Å². The molecule has 0 radical (unpaired) electrons. The van der Waals surface area contributed by atoms with Gasteiger partial charge in [0.15, 0.2) is 0 Å². The maximum absolute atomic E-state index is 13.5. The van der Waals surface area contributed by atoms with Crippen LogP contribution < -0.4 is 10.6 Å². The molecule has 1 amide bonds. The highest BCUT2D eigenvalue weighted by Crippen LogP contribution is 2.23. The number of anilines is 1. The van der Waals surface area contributed by atoms with Crippen molar-refractivity contribution in [2.45, 2.75) is 6.92 Å². The van der Waals surface area contributed by atoms with Crippen LogP contribution in [0, 0.1) is 17.7 Å². The number of hydrogen-bond acceptors (Lipinski definition) is 2. The molecule has 1 aromatic rings. The summed E-state index contributed by atoms with van der Waals surface area (Å²) in [6, 6.07) is 4.50. The number of amides is 1. The van der Waals surface area contributed by atoms with Gasteiger partial charge in [-0.3, -0.25) is 4.79 Å². The molecule has 0 bridgehead atoms. The number of nitrogens with one attached hydrogen (secondary N) is 2. The normalized spacial score (nSPS) is 23.7. The molecule has 2 N–H and O–H groups in total. The van der Waals surface area contributed by atoms with Crippen molar-refractivity contribution in [1.82, 2.24) is 5.32 Å². The highest BCUT2D eigenvalue weighted by Gasteiger charge is 2.29. The number of rotatable bonds is 2. The zero-order chi connectivity index (χ0) is 12.4. The second-order valence-corrected chi connectivity index (χ2v) is 5.27. The lowest BCUT2D eigenvalue weighted by atomic mass is 9.97. The molecule has 5 heteroatoms. The first kappa shape index (κ1) is 12.5. The average Bonchev–Trinajstić information content (AvgIpc) is 2.70. The lowest BCUT2D eigenvalue weighted by molar-refractivity contribution is -0.120. The minimum absolute atomic E-state index is 0.0895. The maximum Gasteiger partial charge on any atom is 0.229 e. The van der Waals surface area contributed by atoms with Gasteiger partial charge in [-0.1, -0.05) is 22.9 Å². The van der Waals surface area contributed by atoms with Gasteiger partial charge in [0.1, 0.15) is 5.82 Å². The molecule has 2 rings (SSSR count). The summed E-state index contributed by atoms with van der Waals surface area (Å²) in [5.74, 6) is -0.349. The lowest BCUT2D eigenvalue weighted by Crippen LogP contribution is -2.28. The highest BCUT2D eigenvalue weighted by atomic mass is 79.9. The third-order valence-corrected chi connectivity index (χ3v) is 3.53. The Kier molecular flexibility index (Phi) is 3.79. The molecule has 1 fully saturated rings. The van der Waals surface area contributed by atoms with E-state index in [1.54, 1.807) is 12.1 Å². The maximum atomic E-state index is 13.5. The van der Waals surface area contributed by atoms with Crippen LogP contribution in [0.25, 0.3) is 0 Å². The topological polar surface area (TPSA) is 41.1 Å². The van der Waals surface area contributed by atoms with Crippen molar-refractivity contribution in [3.05, 3.63) is 28.5 Å². The van der Waals surface area contributed by atoms with Gasteiger partial charge in [-0.05, 0) is 30.7 Å². The molecule has 0 spiro atoms. The van der Waals surface area contributed by atoms with Gasteiger partial charge < -0.3 is 10.6 Å². The van der Waals surface area contributed by atoms with E-state index in [9.17, 15) is 9.18 Å². The van der Waals surface area contributed by atoms with Gasteiger partial charge in [0.25, 0.3) is 0 Å². The summed E-state index contributed by atoms with van der Waals surface area (Å²) in [7, 11) is 0. The molecule has 1 aliphatic rings. The number of carbonyl (C=O) groups excluding carboxylic acids is 1. The molecule has 1 saturated heterocycles. The van der Waals surface area contributed by atoms with Crippen LogP contribution in [0.2, 0.25) is 0 Å². The first-order chi connectivity index (χ1) is 8.08. The zero-order valence-corrected chi connectivity index (χ0v) is 11.1. The van der Waals surface area contributed by atoms with Crippen LogP contribution in [0.4, 0.5) is 10.1 Å². The van der Waals surface area contributed by atoms with Crippen molar-refractivity contribution >= 4 is 27.5 Å². The first-order valence-electron chi connectivity index (χ1n) is 5.54. The Labute approximate surface area is 108 Å². The van der Waals surface area contributed by atoms with Gasteiger partial charge >= 0.3 is 0 Å². The van der Waals surface area contributed by atoms with Crippen LogP contribution >= 0.6 is 15.9 Å². The summed E-state index contributed by atoms with van der Waals surface area (Å²) in [6.45, 7) is 3.50. The van der Waals surface area contributed by atoms with E-state index in [0.717, 1.165) is 11.0 Å². The zero-order valence-electron chi connectivity index (χ0n) is 9.47. The first-order valence-corrected chi connectivity index (χ1v) is 6.34. The van der Waals surface area contributed by atoms with Gasteiger partial charge in [0.05, 0.1) is 11.6 Å². The SMILES string of the molecule is C[C@@H]1CNC[C@H]1C(=O)Nc1cc(Br)ccc1F. The van der Waals surface area contributed by atoms with Crippen LogP contribution in [-0.4, -0.2) is 19.0 Å². The Morgan fingerprint density at radius 2 is 2.29 bits per heavy atom. The van der Waals surface area contributed by atoms with Crippen molar-refractivity contribution in [3.8, 4) is 0 Å². The van der Waals surface area contributed by atoms with E-state index in [4.69, 9.17) is 0 Å². The van der Waals surface area contributed by atoms with Crippen LogP contribution in [0.5, 0.6) is 0 Å². The summed E-state index contributed by atoms with van der Waals surface area (Å²) in [6.07, 6.45) is 0. The molecule has 1 aromatic carbocycles. The average molecular weight is 301 g/mol. The quantitative estimate of drug-likeness (QED) is 0.880. The minimum atomic E-state index is -0.417. The number of hydrogen-bond donors (Lipinski definition) is 2. The molecular weight excluding hydrogens is 287 g/mol. The Morgan fingerprint density at radius 1 is 1.53 bits per heavy atom. The van der Waals surface area contributed by atoms with Crippen LogP contribution in [0.3, 0.4) is 0 Å². The van der Waals surface area contributed by atoms with Gasteiger partial charge in [0, 0.05) is 11.0 Å². The number of halogens is 2. The Hall–Kier alpha value is -0.940. The van der Waals surface area contributed by atoms with Crippen LogP contribution in [0.1, 0.15) is 6.92 Å². The van der Waals surface area contributed by atoms with Crippen LogP contribution in [0.15, 0.2) is 22.7 Å². The molecule has 17 heavy (non-hydrogen) atoms. The van der Waals surface area contributed by atoms with E-state index in [1.807, 2.05) is 6.92 Å². The van der Waals surface area contributed by atoms with Crippen LogP contribution in [-0.2, 0) is 4.79 Å². The fourth-order valence-corrected chi connectivity index (χ4v) is 2.34. The van der Waals surface area contributed by atoms with E-state index in [1.165, 1.54) is 6.07 Å². The molecule has 0 aromatic heterocycles. The van der Waals surface area contributed by atoms with E-state index in [2.05, 4.69) is 26.6 Å². The van der Waals surface area contributed by atoms with Crippen molar-refractivity contribution in [3.63, 3.8) is 0 Å². The van der Waals surface area contributed by atoms with Gasteiger partial charge in [-0.25, -0.2) is 4.39 Å². The molecule has 0 saturated carbocycles. The Morgan fingerprint density at radius 3 is 2.94 bits per heavy atom. The highest BCUT2D eigenvalue weighted by molar-refractivity contribution is 9.10. The smallest absolute Gasteiger partial charge is 0.229 e. The van der Waals surface area contributed by atoms with Crippen molar-refractivity contribution in [1.29, 1.82) is 0 Å². The number of carbonyl (C=O) groups is 1. The molecular formula is C12H14BrFN2O. The third-order valence-electron chi connectivity index (χ3n) is 3.04. The van der Waals surface area contributed by atoms with E-state index < -0.39 is 5.82 Å². The molecule has 1 aliphatic heterocycles. The number of benzene rings is 1. The summed E-state index contributed by atoms with van der Waals surface area (Å²) >= 11 is 3.25. The Balaban J connectivity index is 2.10. The fraction of sp³-hybridized carbons (Fsp3) is 0.417. The third kappa shape index (κ3) is 2.84. The van der Waals surface area contributed by atoms with Crippen molar-refractivity contribution < 1.29 is 9.18 Å². The summed E-state index contributed by atoms with van der Waals surface area (Å²) < 4.78 is 14.2. The van der Waals surface area contributed by atoms with Gasteiger partial charge in [-0.15, -0.1) is 0 Å². The summed E-state index contributed by atoms with van der Waals surface area (Å²) in [5.41, 5.74) is 0.225. The molecule has 3 nitrogen and oxygen atoms in total. The van der Waals surface area contributed by atoms with Gasteiger partial charge in [-0.2, -0.15) is 0 Å². The van der Waals surface area contributed by atoms with Crippen molar-refractivity contribution in [2.75, 3.05) is 18.4 Å². The van der Waals surface area contributed by atoms with Gasteiger partial charge in [0.2, 0.25) is 5.91 Å². The predicted octanol–water partition coefficient (Wildman–Crippen LogP) is 2.38. The van der Waals surface area contributed by atoms with E-state index in [-0.39, 0.29) is 23.4 Å². The monoisotopic (exact) mass is 300 g/mol. The summed E-state index contributed by atoms with van der Waals surface area (Å²) in [5, 5.41) is 5.79. The second-order valence-electron chi connectivity index (χ2n) is 4.36. The summed E-state index contributed by atoms with van der Waals surface area (Å²) in [4.78, 5) is 12.0. The Bertz CT molecular complexity index is 439. The van der Waals surface area contributed by atoms with E-state index >= 15 is 0 Å². The molecule has 92 valence electrons. The minimum Gasteiger partial charge on any atom is -0.323 e.